The summed E-state index contributed by atoms with van der Waals surface area (Å²) >= 11 is 0. The Morgan fingerprint density at radius 3 is 2.40 bits per heavy atom. The first kappa shape index (κ1) is 22.6. The van der Waals surface area contributed by atoms with Gasteiger partial charge in [0.05, 0.1) is 17.6 Å². The van der Waals surface area contributed by atoms with Gasteiger partial charge in [-0.15, -0.1) is 0 Å². The number of para-hydroxylation sites is 1. The molecule has 4 aromatic rings. The normalized spacial score (nSPS) is 13.7. The van der Waals surface area contributed by atoms with Gasteiger partial charge in [-0.1, -0.05) is 42.5 Å². The van der Waals surface area contributed by atoms with E-state index in [1.165, 1.54) is 0 Å². The molecule has 0 radical (unpaired) electrons. The summed E-state index contributed by atoms with van der Waals surface area (Å²) in [5.41, 5.74) is 4.93. The Balaban J connectivity index is 1.26. The molecule has 1 aliphatic rings. The van der Waals surface area contributed by atoms with Crippen LogP contribution in [0.1, 0.15) is 21.7 Å². The van der Waals surface area contributed by atoms with Crippen LogP contribution in [-0.2, 0) is 11.3 Å². The predicted octanol–water partition coefficient (Wildman–Crippen LogP) is 2.87. The number of imidazole rings is 1. The van der Waals surface area contributed by atoms with Crippen LogP contribution in [0.3, 0.4) is 0 Å². The van der Waals surface area contributed by atoms with Crippen molar-refractivity contribution in [3.8, 4) is 0 Å². The quantitative estimate of drug-likeness (QED) is 0.471. The molecular weight excluding hydrogens is 440 g/mol. The van der Waals surface area contributed by atoms with Crippen molar-refractivity contribution in [1.82, 2.24) is 24.8 Å². The SMILES string of the molecule is Cc1cccc2nc(C(=O)NCC(=O)N3CCN(c4ccncc4)CC3)n(Cc3ccccc3)c12. The Kier molecular flexibility index (Phi) is 6.43. The number of aromatic nitrogens is 3. The number of fused-ring (bicyclic) bond motifs is 1. The van der Waals surface area contributed by atoms with Crippen molar-refractivity contribution in [3.05, 3.63) is 90.0 Å². The van der Waals surface area contributed by atoms with Gasteiger partial charge in [-0.25, -0.2) is 4.98 Å². The molecule has 0 atom stereocenters. The van der Waals surface area contributed by atoms with Crippen LogP contribution in [0.4, 0.5) is 5.69 Å². The molecule has 35 heavy (non-hydrogen) atoms. The molecule has 178 valence electrons. The maximum atomic E-state index is 13.2. The van der Waals surface area contributed by atoms with E-state index in [0.717, 1.165) is 40.9 Å². The van der Waals surface area contributed by atoms with E-state index in [0.29, 0.717) is 25.5 Å². The highest BCUT2D eigenvalue weighted by Crippen LogP contribution is 2.22. The highest BCUT2D eigenvalue weighted by Gasteiger charge is 2.23. The number of hydrogen-bond donors (Lipinski definition) is 1. The average Bonchev–Trinajstić information content (AvgIpc) is 3.28. The summed E-state index contributed by atoms with van der Waals surface area (Å²) in [6.45, 7) is 5.21. The number of hydrogen-bond acceptors (Lipinski definition) is 5. The minimum atomic E-state index is -0.347. The molecule has 1 aliphatic heterocycles. The van der Waals surface area contributed by atoms with Crippen molar-refractivity contribution in [2.75, 3.05) is 37.6 Å². The number of rotatable bonds is 6. The van der Waals surface area contributed by atoms with Crippen molar-refractivity contribution in [1.29, 1.82) is 0 Å². The van der Waals surface area contributed by atoms with Gasteiger partial charge in [0, 0.05) is 50.8 Å². The summed E-state index contributed by atoms with van der Waals surface area (Å²) < 4.78 is 1.94. The van der Waals surface area contributed by atoms with E-state index >= 15 is 0 Å². The lowest BCUT2D eigenvalue weighted by Gasteiger charge is -2.36. The maximum Gasteiger partial charge on any atom is 0.287 e. The molecule has 1 saturated heterocycles. The van der Waals surface area contributed by atoms with Crippen LogP contribution in [0.5, 0.6) is 0 Å². The fraction of sp³-hybridized carbons (Fsp3) is 0.259. The third kappa shape index (κ3) is 4.87. The lowest BCUT2D eigenvalue weighted by atomic mass is 10.2. The summed E-state index contributed by atoms with van der Waals surface area (Å²) in [5, 5.41) is 2.81. The van der Waals surface area contributed by atoms with Gasteiger partial charge < -0.3 is 19.7 Å². The first-order chi connectivity index (χ1) is 17.1. The van der Waals surface area contributed by atoms with Crippen LogP contribution in [0.2, 0.25) is 0 Å². The molecule has 8 nitrogen and oxygen atoms in total. The monoisotopic (exact) mass is 468 g/mol. The Morgan fingerprint density at radius 1 is 0.914 bits per heavy atom. The summed E-state index contributed by atoms with van der Waals surface area (Å²) in [5.74, 6) is -0.122. The van der Waals surface area contributed by atoms with Gasteiger partial charge >= 0.3 is 0 Å². The second kappa shape index (κ2) is 9.97. The third-order valence-electron chi connectivity index (χ3n) is 6.42. The molecule has 1 N–H and O–H groups in total. The van der Waals surface area contributed by atoms with Crippen molar-refractivity contribution in [2.45, 2.75) is 13.5 Å². The van der Waals surface area contributed by atoms with Crippen molar-refractivity contribution in [3.63, 3.8) is 0 Å². The van der Waals surface area contributed by atoms with Gasteiger partial charge in [-0.05, 0) is 36.2 Å². The molecular formula is C27H28N6O2. The number of amides is 2. The second-order valence-electron chi connectivity index (χ2n) is 8.71. The van der Waals surface area contributed by atoms with Crippen molar-refractivity contribution >= 4 is 28.5 Å². The summed E-state index contributed by atoms with van der Waals surface area (Å²) in [6, 6.07) is 19.8. The first-order valence-electron chi connectivity index (χ1n) is 11.8. The van der Waals surface area contributed by atoms with Gasteiger partial charge in [-0.2, -0.15) is 0 Å². The molecule has 2 amide bonds. The largest absolute Gasteiger partial charge is 0.368 e. The lowest BCUT2D eigenvalue weighted by molar-refractivity contribution is -0.130. The molecule has 0 unspecified atom stereocenters. The molecule has 8 heteroatoms. The number of aryl methyl sites for hydroxylation is 1. The van der Waals surface area contributed by atoms with Crippen LogP contribution >= 0.6 is 0 Å². The molecule has 0 bridgehead atoms. The topological polar surface area (TPSA) is 83.4 Å². The van der Waals surface area contributed by atoms with E-state index in [9.17, 15) is 9.59 Å². The maximum absolute atomic E-state index is 13.2. The smallest absolute Gasteiger partial charge is 0.287 e. The van der Waals surface area contributed by atoms with Crippen LogP contribution in [0.25, 0.3) is 11.0 Å². The van der Waals surface area contributed by atoms with E-state index in [2.05, 4.69) is 20.2 Å². The third-order valence-corrected chi connectivity index (χ3v) is 6.42. The van der Waals surface area contributed by atoms with E-state index in [-0.39, 0.29) is 18.4 Å². The predicted molar refractivity (Wildman–Crippen MR) is 135 cm³/mol. The van der Waals surface area contributed by atoms with Gasteiger partial charge in [0.25, 0.3) is 5.91 Å². The first-order valence-corrected chi connectivity index (χ1v) is 11.8. The molecule has 3 heterocycles. The molecule has 2 aromatic carbocycles. The Hall–Kier alpha value is -4.20. The number of piperazine rings is 1. The lowest BCUT2D eigenvalue weighted by Crippen LogP contribution is -2.51. The molecule has 1 fully saturated rings. The number of benzene rings is 2. The summed E-state index contributed by atoms with van der Waals surface area (Å²) in [4.78, 5) is 38.7. The molecule has 0 saturated carbocycles. The number of pyridine rings is 1. The van der Waals surface area contributed by atoms with Crippen molar-refractivity contribution < 1.29 is 9.59 Å². The summed E-state index contributed by atoms with van der Waals surface area (Å²) in [7, 11) is 0. The second-order valence-corrected chi connectivity index (χ2v) is 8.71. The molecule has 0 spiro atoms. The zero-order valence-electron chi connectivity index (χ0n) is 19.7. The minimum absolute atomic E-state index is 0.0540. The number of nitrogens with one attached hydrogen (secondary N) is 1. The Bertz CT molecular complexity index is 1330. The standard InChI is InChI=1S/C27H28N6O2/c1-20-6-5-9-23-25(20)33(19-21-7-3-2-4-8-21)26(30-23)27(35)29-18-24(34)32-16-14-31(15-17-32)22-10-12-28-13-11-22/h2-13H,14-19H2,1H3,(H,29,35). The van der Waals surface area contributed by atoms with Gasteiger partial charge in [0.2, 0.25) is 5.91 Å². The van der Waals surface area contributed by atoms with E-state index in [4.69, 9.17) is 0 Å². The van der Waals surface area contributed by atoms with Gasteiger partial charge in [-0.3, -0.25) is 14.6 Å². The van der Waals surface area contributed by atoms with Crippen LogP contribution < -0.4 is 10.2 Å². The van der Waals surface area contributed by atoms with Crippen LogP contribution in [0.15, 0.2) is 73.1 Å². The van der Waals surface area contributed by atoms with E-state index in [1.54, 1.807) is 17.3 Å². The highest BCUT2D eigenvalue weighted by molar-refractivity contribution is 5.97. The highest BCUT2D eigenvalue weighted by atomic mass is 16.2. The zero-order valence-corrected chi connectivity index (χ0v) is 19.7. The molecule has 0 aliphatic carbocycles. The number of nitrogens with zero attached hydrogens (tertiary/aromatic N) is 5. The fourth-order valence-electron chi connectivity index (χ4n) is 4.57. The number of carbonyl (C=O) groups is 2. The number of carbonyl (C=O) groups excluding carboxylic acids is 2. The van der Waals surface area contributed by atoms with Crippen LogP contribution in [-0.4, -0.2) is 64.0 Å². The fourth-order valence-corrected chi connectivity index (χ4v) is 4.57. The van der Waals surface area contributed by atoms with Gasteiger partial charge in [0.1, 0.15) is 0 Å². The Morgan fingerprint density at radius 2 is 1.66 bits per heavy atom. The average molecular weight is 469 g/mol. The molecule has 5 rings (SSSR count). The van der Waals surface area contributed by atoms with Crippen LogP contribution in [0, 0.1) is 6.92 Å². The van der Waals surface area contributed by atoms with Gasteiger partial charge in [0.15, 0.2) is 5.82 Å². The minimum Gasteiger partial charge on any atom is -0.368 e. The number of anilines is 1. The zero-order chi connectivity index (χ0) is 24.2. The van der Waals surface area contributed by atoms with E-state index in [1.807, 2.05) is 72.2 Å². The molecule has 2 aromatic heterocycles. The van der Waals surface area contributed by atoms with Crippen molar-refractivity contribution in [2.24, 2.45) is 0 Å². The Labute approximate surface area is 204 Å². The van der Waals surface area contributed by atoms with E-state index < -0.39 is 0 Å². The summed E-state index contributed by atoms with van der Waals surface area (Å²) in [6.07, 6.45) is 3.55.